The number of nitrogens with zero attached hydrogens (tertiary/aromatic N) is 2. The van der Waals surface area contributed by atoms with Gasteiger partial charge < -0.3 is 5.11 Å². The molecule has 2 rings (SSSR count). The van der Waals surface area contributed by atoms with Crippen LogP contribution in [0.5, 0.6) is 0 Å². The summed E-state index contributed by atoms with van der Waals surface area (Å²) in [5.41, 5.74) is 3.25. The fourth-order valence-corrected chi connectivity index (χ4v) is 2.89. The lowest BCUT2D eigenvalue weighted by atomic mass is 10.0. The molecule has 0 saturated heterocycles. The molecule has 2 aromatic rings. The third kappa shape index (κ3) is 3.49. The summed E-state index contributed by atoms with van der Waals surface area (Å²) in [7, 11) is 0. The van der Waals surface area contributed by atoms with E-state index in [9.17, 15) is 5.11 Å². The van der Waals surface area contributed by atoms with Gasteiger partial charge in [-0.25, -0.2) is 0 Å². The molecule has 1 heterocycles. The van der Waals surface area contributed by atoms with Gasteiger partial charge in [0.2, 0.25) is 0 Å². The van der Waals surface area contributed by atoms with Gasteiger partial charge in [0.1, 0.15) is 0 Å². The van der Waals surface area contributed by atoms with Crippen molar-refractivity contribution in [2.24, 2.45) is 0 Å². The van der Waals surface area contributed by atoms with Crippen molar-refractivity contribution < 1.29 is 5.11 Å². The summed E-state index contributed by atoms with van der Waals surface area (Å²) in [6.45, 7) is 4.99. The highest BCUT2D eigenvalue weighted by atomic mass is 79.9. The van der Waals surface area contributed by atoms with E-state index in [1.807, 2.05) is 41.9 Å². The van der Waals surface area contributed by atoms with Gasteiger partial charge in [0.25, 0.3) is 0 Å². The highest BCUT2D eigenvalue weighted by molar-refractivity contribution is 9.10. The Morgan fingerprint density at radius 2 is 2.00 bits per heavy atom. The maximum Gasteiger partial charge on any atom is 0.0790 e. The van der Waals surface area contributed by atoms with E-state index in [1.165, 1.54) is 5.69 Å². The average molecular weight is 337 g/mol. The van der Waals surface area contributed by atoms with Gasteiger partial charge in [-0.1, -0.05) is 30.3 Å². The number of aromatic nitrogens is 2. The average Bonchev–Trinajstić information content (AvgIpc) is 2.75. The highest BCUT2D eigenvalue weighted by Gasteiger charge is 2.13. The van der Waals surface area contributed by atoms with Crippen LogP contribution in [-0.4, -0.2) is 14.9 Å². The standard InChI is InChI=1S/C16H21BrN2O/c1-3-19-14(16(17)12(2)18-19)10-7-11-15(20)13-8-5-4-6-9-13/h4-6,8-9,15,20H,3,7,10-11H2,1-2H3. The molecule has 0 aliphatic carbocycles. The minimum atomic E-state index is -0.380. The van der Waals surface area contributed by atoms with Crippen LogP contribution in [0, 0.1) is 6.92 Å². The highest BCUT2D eigenvalue weighted by Crippen LogP contribution is 2.25. The van der Waals surface area contributed by atoms with E-state index < -0.39 is 0 Å². The smallest absolute Gasteiger partial charge is 0.0790 e. The number of hydrogen-bond acceptors (Lipinski definition) is 2. The Hall–Kier alpha value is -1.13. The molecule has 0 radical (unpaired) electrons. The minimum Gasteiger partial charge on any atom is -0.388 e. The van der Waals surface area contributed by atoms with Crippen molar-refractivity contribution in [1.29, 1.82) is 0 Å². The van der Waals surface area contributed by atoms with Crippen molar-refractivity contribution in [1.82, 2.24) is 9.78 Å². The zero-order chi connectivity index (χ0) is 14.5. The molecular weight excluding hydrogens is 316 g/mol. The van der Waals surface area contributed by atoms with Crippen LogP contribution < -0.4 is 0 Å². The molecule has 0 saturated carbocycles. The second-order valence-corrected chi connectivity index (χ2v) is 5.77. The number of rotatable bonds is 6. The first-order valence-electron chi connectivity index (χ1n) is 7.08. The Bertz CT molecular complexity index is 551. The zero-order valence-electron chi connectivity index (χ0n) is 12.0. The minimum absolute atomic E-state index is 0.380. The van der Waals surface area contributed by atoms with Gasteiger partial charge in [-0.3, -0.25) is 4.68 Å². The van der Waals surface area contributed by atoms with Gasteiger partial charge in [-0.05, 0) is 54.6 Å². The van der Waals surface area contributed by atoms with Gasteiger partial charge in [-0.2, -0.15) is 5.10 Å². The third-order valence-corrected chi connectivity index (χ3v) is 4.56. The van der Waals surface area contributed by atoms with Crippen molar-refractivity contribution in [3.05, 3.63) is 51.8 Å². The SMILES string of the molecule is CCn1nc(C)c(Br)c1CCCC(O)c1ccccc1. The van der Waals surface area contributed by atoms with E-state index >= 15 is 0 Å². The van der Waals surface area contributed by atoms with E-state index in [4.69, 9.17) is 0 Å². The van der Waals surface area contributed by atoms with Gasteiger partial charge >= 0.3 is 0 Å². The van der Waals surface area contributed by atoms with E-state index in [-0.39, 0.29) is 6.10 Å². The van der Waals surface area contributed by atoms with E-state index in [2.05, 4.69) is 28.0 Å². The Balaban J connectivity index is 1.93. The molecule has 108 valence electrons. The summed E-state index contributed by atoms with van der Waals surface area (Å²) in [5.74, 6) is 0. The summed E-state index contributed by atoms with van der Waals surface area (Å²) in [4.78, 5) is 0. The van der Waals surface area contributed by atoms with Crippen LogP contribution in [0.4, 0.5) is 0 Å². The van der Waals surface area contributed by atoms with Crippen LogP contribution in [0.25, 0.3) is 0 Å². The lowest BCUT2D eigenvalue weighted by Gasteiger charge is -2.11. The quantitative estimate of drug-likeness (QED) is 0.864. The van der Waals surface area contributed by atoms with Gasteiger partial charge in [0.15, 0.2) is 0 Å². The fraction of sp³-hybridized carbons (Fsp3) is 0.438. The second-order valence-electron chi connectivity index (χ2n) is 4.98. The maximum atomic E-state index is 10.2. The van der Waals surface area contributed by atoms with Crippen molar-refractivity contribution in [3.8, 4) is 0 Å². The number of benzene rings is 1. The van der Waals surface area contributed by atoms with Gasteiger partial charge in [0, 0.05) is 6.54 Å². The predicted octanol–water partition coefficient (Wildman–Crippen LogP) is 4.03. The fourth-order valence-electron chi connectivity index (χ4n) is 2.41. The molecule has 20 heavy (non-hydrogen) atoms. The molecule has 1 N–H and O–H groups in total. The summed E-state index contributed by atoms with van der Waals surface area (Å²) in [6, 6.07) is 9.84. The van der Waals surface area contributed by atoms with Crippen molar-refractivity contribution in [2.45, 2.75) is 45.8 Å². The molecule has 0 fully saturated rings. The molecular formula is C16H21BrN2O. The predicted molar refractivity (Wildman–Crippen MR) is 84.7 cm³/mol. The number of aryl methyl sites for hydroxylation is 2. The molecule has 4 heteroatoms. The Kier molecular flexibility index (Phi) is 5.38. The van der Waals surface area contributed by atoms with Gasteiger partial charge in [-0.15, -0.1) is 0 Å². The van der Waals surface area contributed by atoms with Crippen LogP contribution in [-0.2, 0) is 13.0 Å². The Labute approximate surface area is 128 Å². The van der Waals surface area contributed by atoms with Crippen LogP contribution in [0.15, 0.2) is 34.8 Å². The summed E-state index contributed by atoms with van der Waals surface area (Å²) >= 11 is 3.61. The van der Waals surface area contributed by atoms with E-state index in [0.29, 0.717) is 0 Å². The monoisotopic (exact) mass is 336 g/mol. The maximum absolute atomic E-state index is 10.2. The normalized spacial score (nSPS) is 12.6. The molecule has 1 aromatic carbocycles. The van der Waals surface area contributed by atoms with E-state index in [0.717, 1.165) is 41.5 Å². The summed E-state index contributed by atoms with van der Waals surface area (Å²) in [6.07, 6.45) is 2.26. The molecule has 0 aliphatic rings. The molecule has 0 amide bonds. The van der Waals surface area contributed by atoms with Gasteiger partial charge in [0.05, 0.1) is 22.0 Å². The number of halogens is 1. The summed E-state index contributed by atoms with van der Waals surface area (Å²) in [5, 5.41) is 14.7. The zero-order valence-corrected chi connectivity index (χ0v) is 13.6. The first kappa shape index (κ1) is 15.3. The number of aliphatic hydroxyl groups is 1. The first-order valence-corrected chi connectivity index (χ1v) is 7.87. The van der Waals surface area contributed by atoms with Crippen molar-refractivity contribution >= 4 is 15.9 Å². The number of aliphatic hydroxyl groups excluding tert-OH is 1. The Morgan fingerprint density at radius 1 is 1.30 bits per heavy atom. The lowest BCUT2D eigenvalue weighted by molar-refractivity contribution is 0.164. The Morgan fingerprint density at radius 3 is 2.65 bits per heavy atom. The van der Waals surface area contributed by atoms with E-state index in [1.54, 1.807) is 0 Å². The molecule has 0 spiro atoms. The summed E-state index contributed by atoms with van der Waals surface area (Å²) < 4.78 is 3.14. The second kappa shape index (κ2) is 7.04. The third-order valence-electron chi connectivity index (χ3n) is 3.53. The molecule has 3 nitrogen and oxygen atoms in total. The van der Waals surface area contributed by atoms with Crippen molar-refractivity contribution in [2.75, 3.05) is 0 Å². The van der Waals surface area contributed by atoms with Crippen molar-refractivity contribution in [3.63, 3.8) is 0 Å². The molecule has 1 atom stereocenters. The molecule has 0 aliphatic heterocycles. The molecule has 0 bridgehead atoms. The van der Waals surface area contributed by atoms with Crippen LogP contribution in [0.1, 0.15) is 42.8 Å². The lowest BCUT2D eigenvalue weighted by Crippen LogP contribution is -2.04. The molecule has 1 unspecified atom stereocenters. The van der Waals surface area contributed by atoms with Crippen LogP contribution in [0.3, 0.4) is 0 Å². The topological polar surface area (TPSA) is 38.0 Å². The van der Waals surface area contributed by atoms with Crippen LogP contribution >= 0.6 is 15.9 Å². The number of hydrogen-bond donors (Lipinski definition) is 1. The first-order chi connectivity index (χ1) is 9.63. The van der Waals surface area contributed by atoms with Crippen LogP contribution in [0.2, 0.25) is 0 Å². The molecule has 1 aromatic heterocycles. The largest absolute Gasteiger partial charge is 0.388 e.